The van der Waals surface area contributed by atoms with Crippen LogP contribution >= 0.6 is 0 Å². The molecule has 1 aromatic heterocycles. The van der Waals surface area contributed by atoms with E-state index in [1.54, 1.807) is 0 Å². The Kier molecular flexibility index (Phi) is 5.29. The fourth-order valence-electron chi connectivity index (χ4n) is 1.47. The molecule has 0 saturated carbocycles. The maximum Gasteiger partial charge on any atom is 0.322 e. The van der Waals surface area contributed by atoms with Gasteiger partial charge in [0.1, 0.15) is 5.92 Å². The molecule has 0 radical (unpaired) electrons. The summed E-state index contributed by atoms with van der Waals surface area (Å²) in [7, 11) is 4.21. The fourth-order valence-corrected chi connectivity index (χ4v) is 1.47. The first kappa shape index (κ1) is 14.1. The summed E-state index contributed by atoms with van der Waals surface area (Å²) in [6, 6.07) is 0.226. The van der Waals surface area contributed by atoms with Crippen molar-refractivity contribution < 1.29 is 19.0 Å². The molecule has 1 heterocycles. The first-order valence-corrected chi connectivity index (χ1v) is 5.58. The number of hydrogen-bond acceptors (Lipinski definition) is 7. The Hall–Kier alpha value is -1.92. The highest BCUT2D eigenvalue weighted by atomic mass is 16.5. The first-order chi connectivity index (χ1) is 8.65. The zero-order valence-corrected chi connectivity index (χ0v) is 11.0. The van der Waals surface area contributed by atoms with E-state index in [1.165, 1.54) is 21.3 Å². The highest BCUT2D eigenvalue weighted by Gasteiger charge is 2.25. The third-order valence-corrected chi connectivity index (χ3v) is 2.35. The molecular weight excluding hydrogens is 238 g/mol. The predicted molar refractivity (Wildman–Crippen MR) is 62.6 cm³/mol. The number of hydrogen-bond donors (Lipinski definition) is 0. The summed E-state index contributed by atoms with van der Waals surface area (Å²) >= 11 is 0. The maximum absolute atomic E-state index is 11.7. The van der Waals surface area contributed by atoms with Crippen LogP contribution in [0.25, 0.3) is 0 Å². The molecule has 1 atom stereocenters. The minimum atomic E-state index is -0.536. The Morgan fingerprint density at radius 1 is 1.11 bits per heavy atom. The van der Waals surface area contributed by atoms with Crippen molar-refractivity contribution in [1.82, 2.24) is 15.0 Å². The number of methoxy groups -OCH3 is 3. The van der Waals surface area contributed by atoms with E-state index in [9.17, 15) is 4.79 Å². The number of esters is 1. The molecule has 0 spiro atoms. The van der Waals surface area contributed by atoms with E-state index in [-0.39, 0.29) is 18.0 Å². The molecule has 0 aliphatic carbocycles. The van der Waals surface area contributed by atoms with Crippen LogP contribution in [0.4, 0.5) is 0 Å². The highest BCUT2D eigenvalue weighted by Crippen LogP contribution is 2.22. The van der Waals surface area contributed by atoms with Gasteiger partial charge in [-0.1, -0.05) is 13.3 Å². The highest BCUT2D eigenvalue weighted by molar-refractivity contribution is 5.76. The van der Waals surface area contributed by atoms with Crippen LogP contribution in [0, 0.1) is 0 Å². The molecule has 1 rings (SSSR count). The smallest absolute Gasteiger partial charge is 0.322 e. The second-order valence-corrected chi connectivity index (χ2v) is 3.53. The van der Waals surface area contributed by atoms with Crippen LogP contribution < -0.4 is 9.47 Å². The summed E-state index contributed by atoms with van der Waals surface area (Å²) in [6.07, 6.45) is 1.39. The second-order valence-electron chi connectivity index (χ2n) is 3.53. The fraction of sp³-hybridized carbons (Fsp3) is 0.636. The third-order valence-electron chi connectivity index (χ3n) is 2.35. The van der Waals surface area contributed by atoms with Crippen LogP contribution in [0.1, 0.15) is 31.5 Å². The summed E-state index contributed by atoms with van der Waals surface area (Å²) in [4.78, 5) is 23.7. The first-order valence-electron chi connectivity index (χ1n) is 5.58. The zero-order valence-electron chi connectivity index (χ0n) is 11.0. The van der Waals surface area contributed by atoms with Crippen molar-refractivity contribution in [2.75, 3.05) is 21.3 Å². The van der Waals surface area contributed by atoms with E-state index in [0.717, 1.165) is 6.42 Å². The molecule has 7 heteroatoms. The number of carbonyl (C=O) groups excluding carboxylic acids is 1. The van der Waals surface area contributed by atoms with E-state index in [1.807, 2.05) is 6.92 Å². The Morgan fingerprint density at radius 2 is 1.67 bits per heavy atom. The molecule has 0 aliphatic heterocycles. The monoisotopic (exact) mass is 255 g/mol. The standard InChI is InChI=1S/C11H17N3O4/c1-5-6-7(9(15)16-2)8-12-10(17-3)14-11(13-8)18-4/h7H,5-6H2,1-4H3. The number of ether oxygens (including phenoxy) is 3. The Bertz CT molecular complexity index is 389. The van der Waals surface area contributed by atoms with Gasteiger partial charge in [-0.2, -0.15) is 9.97 Å². The molecule has 7 nitrogen and oxygen atoms in total. The summed E-state index contributed by atoms with van der Waals surface area (Å²) < 4.78 is 14.6. The predicted octanol–water partition coefficient (Wildman–Crippen LogP) is 0.946. The van der Waals surface area contributed by atoms with Gasteiger partial charge in [0, 0.05) is 0 Å². The third kappa shape index (κ3) is 3.28. The maximum atomic E-state index is 11.7. The van der Waals surface area contributed by atoms with Crippen molar-refractivity contribution in [1.29, 1.82) is 0 Å². The number of carbonyl (C=O) groups is 1. The van der Waals surface area contributed by atoms with E-state index < -0.39 is 5.92 Å². The van der Waals surface area contributed by atoms with E-state index in [2.05, 4.69) is 15.0 Å². The number of rotatable bonds is 6. The van der Waals surface area contributed by atoms with Crippen molar-refractivity contribution in [3.63, 3.8) is 0 Å². The van der Waals surface area contributed by atoms with Gasteiger partial charge in [0.05, 0.1) is 21.3 Å². The van der Waals surface area contributed by atoms with Crippen molar-refractivity contribution >= 4 is 5.97 Å². The second kappa shape index (κ2) is 6.73. The molecule has 0 aromatic carbocycles. The minimum absolute atomic E-state index is 0.113. The summed E-state index contributed by atoms with van der Waals surface area (Å²) in [6.45, 7) is 1.96. The van der Waals surface area contributed by atoms with Crippen molar-refractivity contribution in [3.05, 3.63) is 5.82 Å². The largest absolute Gasteiger partial charge is 0.468 e. The van der Waals surface area contributed by atoms with Gasteiger partial charge in [0.2, 0.25) is 0 Å². The molecule has 100 valence electrons. The van der Waals surface area contributed by atoms with Crippen molar-refractivity contribution in [2.24, 2.45) is 0 Å². The Labute approximate surface area is 106 Å². The van der Waals surface area contributed by atoms with Crippen LogP contribution in [0.2, 0.25) is 0 Å². The normalized spacial score (nSPS) is 11.8. The number of aromatic nitrogens is 3. The van der Waals surface area contributed by atoms with Gasteiger partial charge >= 0.3 is 18.0 Å². The van der Waals surface area contributed by atoms with Crippen LogP contribution in [0.15, 0.2) is 0 Å². The van der Waals surface area contributed by atoms with E-state index in [0.29, 0.717) is 12.2 Å². The molecule has 0 bridgehead atoms. The van der Waals surface area contributed by atoms with Gasteiger partial charge in [-0.15, -0.1) is 4.98 Å². The zero-order chi connectivity index (χ0) is 13.5. The molecule has 0 saturated heterocycles. The Morgan fingerprint density at radius 3 is 2.06 bits per heavy atom. The summed E-state index contributed by atoms with van der Waals surface area (Å²) in [5.41, 5.74) is 0. The van der Waals surface area contributed by atoms with E-state index in [4.69, 9.17) is 14.2 Å². The molecule has 18 heavy (non-hydrogen) atoms. The van der Waals surface area contributed by atoms with Crippen LogP contribution in [-0.2, 0) is 9.53 Å². The van der Waals surface area contributed by atoms with Crippen molar-refractivity contribution in [2.45, 2.75) is 25.7 Å². The number of nitrogens with zero attached hydrogens (tertiary/aromatic N) is 3. The molecule has 0 amide bonds. The van der Waals surface area contributed by atoms with Gasteiger partial charge in [-0.3, -0.25) is 4.79 Å². The molecule has 0 aliphatic rings. The average Bonchev–Trinajstić information content (AvgIpc) is 2.43. The van der Waals surface area contributed by atoms with Crippen LogP contribution in [-0.4, -0.2) is 42.3 Å². The molecule has 1 unspecified atom stereocenters. The minimum Gasteiger partial charge on any atom is -0.468 e. The lowest BCUT2D eigenvalue weighted by molar-refractivity contribution is -0.142. The lowest BCUT2D eigenvalue weighted by Crippen LogP contribution is -2.18. The van der Waals surface area contributed by atoms with Crippen LogP contribution in [0.3, 0.4) is 0 Å². The lowest BCUT2D eigenvalue weighted by Gasteiger charge is -2.13. The SMILES string of the molecule is CCCC(C(=O)OC)c1nc(OC)nc(OC)n1. The van der Waals surface area contributed by atoms with Gasteiger partial charge in [-0.05, 0) is 6.42 Å². The summed E-state index contributed by atoms with van der Waals surface area (Å²) in [5.74, 6) is -0.620. The average molecular weight is 255 g/mol. The molecule has 0 N–H and O–H groups in total. The van der Waals surface area contributed by atoms with Gasteiger partial charge in [-0.25, -0.2) is 0 Å². The van der Waals surface area contributed by atoms with Gasteiger partial charge in [0.25, 0.3) is 0 Å². The Balaban J connectivity index is 3.13. The molecule has 1 aromatic rings. The van der Waals surface area contributed by atoms with Crippen LogP contribution in [0.5, 0.6) is 12.0 Å². The summed E-state index contributed by atoms with van der Waals surface area (Å²) in [5, 5.41) is 0. The van der Waals surface area contributed by atoms with E-state index >= 15 is 0 Å². The van der Waals surface area contributed by atoms with Gasteiger partial charge < -0.3 is 14.2 Å². The molecule has 0 fully saturated rings. The quantitative estimate of drug-likeness (QED) is 0.699. The topological polar surface area (TPSA) is 83.4 Å². The van der Waals surface area contributed by atoms with Crippen molar-refractivity contribution in [3.8, 4) is 12.0 Å². The van der Waals surface area contributed by atoms with Gasteiger partial charge in [0.15, 0.2) is 5.82 Å². The molecular formula is C11H17N3O4. The lowest BCUT2D eigenvalue weighted by atomic mass is 10.0.